The van der Waals surface area contributed by atoms with E-state index >= 15 is 0 Å². The van der Waals surface area contributed by atoms with Crippen molar-refractivity contribution in [3.05, 3.63) is 29.0 Å². The summed E-state index contributed by atoms with van der Waals surface area (Å²) in [5.74, 6) is -1.54. The number of nitrogens with zero attached hydrogens (tertiary/aromatic N) is 1. The van der Waals surface area contributed by atoms with Gasteiger partial charge < -0.3 is 14.4 Å². The van der Waals surface area contributed by atoms with Gasteiger partial charge in [0.2, 0.25) is 0 Å². The van der Waals surface area contributed by atoms with Crippen LogP contribution >= 0.6 is 0 Å². The molecular weight excluding hydrogens is 287 g/mol. The van der Waals surface area contributed by atoms with Crippen molar-refractivity contribution in [3.63, 3.8) is 0 Å². The van der Waals surface area contributed by atoms with Gasteiger partial charge in [0, 0.05) is 23.6 Å². The molecule has 4 nitrogen and oxygen atoms in total. The molecule has 7 heteroatoms. The molecule has 0 unspecified atom stereocenters. The number of carbonyl (C=O) groups is 1. The molecule has 0 aliphatic rings. The Bertz CT molecular complexity index is 717. The van der Waals surface area contributed by atoms with Crippen molar-refractivity contribution in [2.75, 3.05) is 6.61 Å². The first-order valence-electron chi connectivity index (χ1n) is 6.24. The molecule has 114 valence electrons. The summed E-state index contributed by atoms with van der Waals surface area (Å²) >= 11 is 0. The lowest BCUT2D eigenvalue weighted by Gasteiger charge is -2.10. The summed E-state index contributed by atoms with van der Waals surface area (Å²) in [6.07, 6.45) is -4.67. The highest BCUT2D eigenvalue weighted by molar-refractivity contribution is 6.06. The van der Waals surface area contributed by atoms with Gasteiger partial charge in [0.25, 0.3) is 0 Å². The molecule has 1 heterocycles. The normalized spacial score (nSPS) is 11.9. The second kappa shape index (κ2) is 4.98. The third kappa shape index (κ3) is 2.43. The summed E-state index contributed by atoms with van der Waals surface area (Å²) in [6, 6.07) is 1.79. The SMILES string of the molecule is CCOC(=O)c1c(C)n(C)c2cc(C(F)(F)F)c(O)cc12. The van der Waals surface area contributed by atoms with Crippen LogP contribution in [0.3, 0.4) is 0 Å². The van der Waals surface area contributed by atoms with E-state index in [-0.39, 0.29) is 23.1 Å². The summed E-state index contributed by atoms with van der Waals surface area (Å²) in [6.45, 7) is 3.40. The maximum Gasteiger partial charge on any atom is 0.420 e. The number of esters is 1. The number of benzene rings is 1. The third-order valence-electron chi connectivity index (χ3n) is 3.39. The standard InChI is InChI=1S/C14H14F3NO3/c1-4-21-13(20)12-7(2)18(3)10-6-9(14(15,16)17)11(19)5-8(10)12/h5-6,19H,4H2,1-3H3. The molecule has 0 bridgehead atoms. The molecule has 0 aliphatic heterocycles. The number of carbonyl (C=O) groups excluding carboxylic acids is 1. The Balaban J connectivity index is 2.78. The number of aryl methyl sites for hydroxylation is 1. The van der Waals surface area contributed by atoms with Crippen molar-refractivity contribution in [3.8, 4) is 5.75 Å². The van der Waals surface area contributed by atoms with Gasteiger partial charge in [0.05, 0.1) is 17.7 Å². The number of aromatic hydroxyl groups is 1. The molecule has 0 spiro atoms. The first-order valence-corrected chi connectivity index (χ1v) is 6.24. The monoisotopic (exact) mass is 301 g/mol. The lowest BCUT2D eigenvalue weighted by molar-refractivity contribution is -0.138. The first-order chi connectivity index (χ1) is 9.68. The quantitative estimate of drug-likeness (QED) is 0.865. The Kier molecular flexibility index (Phi) is 3.61. The number of aromatic nitrogens is 1. The maximum absolute atomic E-state index is 12.8. The van der Waals surface area contributed by atoms with E-state index in [9.17, 15) is 23.1 Å². The lowest BCUT2D eigenvalue weighted by atomic mass is 10.1. The summed E-state index contributed by atoms with van der Waals surface area (Å²) in [5.41, 5.74) is -0.285. The summed E-state index contributed by atoms with van der Waals surface area (Å²) in [4.78, 5) is 11.9. The fourth-order valence-electron chi connectivity index (χ4n) is 2.29. The summed E-state index contributed by atoms with van der Waals surface area (Å²) in [5, 5.41) is 9.83. The third-order valence-corrected chi connectivity index (χ3v) is 3.39. The van der Waals surface area contributed by atoms with Crippen LogP contribution in [-0.4, -0.2) is 22.2 Å². The molecule has 2 rings (SSSR count). The predicted octanol–water partition coefficient (Wildman–Crippen LogP) is 3.39. The van der Waals surface area contributed by atoms with Gasteiger partial charge in [-0.3, -0.25) is 0 Å². The van der Waals surface area contributed by atoms with E-state index < -0.39 is 23.5 Å². The van der Waals surface area contributed by atoms with Crippen LogP contribution in [0, 0.1) is 6.92 Å². The Labute approximate surface area is 118 Å². The van der Waals surface area contributed by atoms with Crippen LogP contribution in [0.5, 0.6) is 5.75 Å². The average Bonchev–Trinajstić information content (AvgIpc) is 2.59. The predicted molar refractivity (Wildman–Crippen MR) is 70.3 cm³/mol. The van der Waals surface area contributed by atoms with Crippen LogP contribution in [-0.2, 0) is 18.0 Å². The van der Waals surface area contributed by atoms with Crippen LogP contribution < -0.4 is 0 Å². The van der Waals surface area contributed by atoms with Crippen LogP contribution in [0.2, 0.25) is 0 Å². The van der Waals surface area contributed by atoms with Gasteiger partial charge in [0.15, 0.2) is 0 Å². The molecule has 0 saturated carbocycles. The molecule has 2 aromatic rings. The maximum atomic E-state index is 12.8. The van der Waals surface area contributed by atoms with Gasteiger partial charge in [-0.2, -0.15) is 13.2 Å². The highest BCUT2D eigenvalue weighted by Crippen LogP contribution is 2.40. The number of phenolic OH excluding ortho intramolecular Hbond substituents is 1. The molecule has 1 N–H and O–H groups in total. The van der Waals surface area contributed by atoms with Gasteiger partial charge in [-0.25, -0.2) is 4.79 Å². The minimum Gasteiger partial charge on any atom is -0.507 e. The summed E-state index contributed by atoms with van der Waals surface area (Å²) < 4.78 is 44.9. The van der Waals surface area contributed by atoms with Crippen LogP contribution in [0.25, 0.3) is 10.9 Å². The molecule has 0 radical (unpaired) electrons. The largest absolute Gasteiger partial charge is 0.507 e. The van der Waals surface area contributed by atoms with E-state index in [1.54, 1.807) is 20.9 Å². The van der Waals surface area contributed by atoms with Crippen molar-refractivity contribution >= 4 is 16.9 Å². The molecule has 0 aliphatic carbocycles. The van der Waals surface area contributed by atoms with E-state index in [0.29, 0.717) is 5.69 Å². The first kappa shape index (κ1) is 15.2. The fourth-order valence-corrected chi connectivity index (χ4v) is 2.29. The molecule has 0 saturated heterocycles. The van der Waals surface area contributed by atoms with Crippen LogP contribution in [0.4, 0.5) is 13.2 Å². The highest BCUT2D eigenvalue weighted by Gasteiger charge is 2.35. The zero-order valence-corrected chi connectivity index (χ0v) is 11.7. The minimum absolute atomic E-state index is 0.154. The van der Waals surface area contributed by atoms with E-state index in [2.05, 4.69) is 0 Å². The topological polar surface area (TPSA) is 51.5 Å². The molecule has 0 atom stereocenters. The second-order valence-electron chi connectivity index (χ2n) is 4.62. The second-order valence-corrected chi connectivity index (χ2v) is 4.62. The van der Waals surface area contributed by atoms with Gasteiger partial charge in [-0.15, -0.1) is 0 Å². The molecule has 0 amide bonds. The highest BCUT2D eigenvalue weighted by atomic mass is 19.4. The molecule has 1 aromatic heterocycles. The van der Waals surface area contributed by atoms with Gasteiger partial charge in [0.1, 0.15) is 5.75 Å². The van der Waals surface area contributed by atoms with E-state index in [4.69, 9.17) is 4.74 Å². The molecule has 0 fully saturated rings. The van der Waals surface area contributed by atoms with E-state index in [1.165, 1.54) is 4.57 Å². The molecule has 21 heavy (non-hydrogen) atoms. The summed E-state index contributed by atoms with van der Waals surface area (Å²) in [7, 11) is 1.55. The number of alkyl halides is 3. The van der Waals surface area contributed by atoms with Gasteiger partial charge >= 0.3 is 12.1 Å². The fraction of sp³-hybridized carbons (Fsp3) is 0.357. The minimum atomic E-state index is -4.67. The molecular formula is C14H14F3NO3. The Hall–Kier alpha value is -2.18. The van der Waals surface area contributed by atoms with Gasteiger partial charge in [-0.05, 0) is 26.0 Å². The van der Waals surface area contributed by atoms with Crippen LogP contribution in [0.1, 0.15) is 28.5 Å². The number of halogens is 3. The van der Waals surface area contributed by atoms with Crippen molar-refractivity contribution in [1.29, 1.82) is 0 Å². The Morgan fingerprint density at radius 3 is 2.52 bits per heavy atom. The average molecular weight is 301 g/mol. The lowest BCUT2D eigenvalue weighted by Crippen LogP contribution is -2.06. The Morgan fingerprint density at radius 1 is 1.38 bits per heavy atom. The zero-order chi connectivity index (χ0) is 15.9. The number of rotatable bonds is 2. The van der Waals surface area contributed by atoms with E-state index in [1.807, 2.05) is 0 Å². The van der Waals surface area contributed by atoms with Crippen LogP contribution in [0.15, 0.2) is 12.1 Å². The Morgan fingerprint density at radius 2 is 2.00 bits per heavy atom. The van der Waals surface area contributed by atoms with Gasteiger partial charge in [-0.1, -0.05) is 0 Å². The number of hydrogen-bond acceptors (Lipinski definition) is 3. The number of fused-ring (bicyclic) bond motifs is 1. The van der Waals surface area contributed by atoms with Crippen molar-refractivity contribution in [1.82, 2.24) is 4.57 Å². The smallest absolute Gasteiger partial charge is 0.420 e. The van der Waals surface area contributed by atoms with Crippen molar-refractivity contribution in [2.45, 2.75) is 20.0 Å². The zero-order valence-electron chi connectivity index (χ0n) is 11.7. The van der Waals surface area contributed by atoms with Crippen molar-refractivity contribution in [2.24, 2.45) is 7.05 Å². The van der Waals surface area contributed by atoms with E-state index in [0.717, 1.165) is 12.1 Å². The number of ether oxygens (including phenoxy) is 1. The van der Waals surface area contributed by atoms with Crippen molar-refractivity contribution < 1.29 is 27.8 Å². The molecule has 1 aromatic carbocycles. The number of phenols is 1. The number of hydrogen-bond donors (Lipinski definition) is 1.